The van der Waals surface area contributed by atoms with Gasteiger partial charge in [-0.2, -0.15) is 0 Å². The summed E-state index contributed by atoms with van der Waals surface area (Å²) >= 11 is 0. The molecule has 0 atom stereocenters. The van der Waals surface area contributed by atoms with Crippen LogP contribution in [-0.2, 0) is 11.2 Å². The maximum Gasteiger partial charge on any atom is 0.254 e. The summed E-state index contributed by atoms with van der Waals surface area (Å²) in [5.74, 6) is -0.537. The summed E-state index contributed by atoms with van der Waals surface area (Å²) in [5.41, 5.74) is 2.51. The molecule has 2 amide bonds. The molecule has 1 fully saturated rings. The van der Waals surface area contributed by atoms with Crippen molar-refractivity contribution in [2.75, 3.05) is 26.2 Å². The third-order valence-electron chi connectivity index (χ3n) is 4.47. The molecule has 2 aromatic carbocycles. The van der Waals surface area contributed by atoms with E-state index in [9.17, 15) is 14.0 Å². The molecule has 25 heavy (non-hydrogen) atoms. The van der Waals surface area contributed by atoms with E-state index in [-0.39, 0.29) is 11.8 Å². The van der Waals surface area contributed by atoms with Gasteiger partial charge in [0.25, 0.3) is 5.91 Å². The Balaban J connectivity index is 1.55. The highest BCUT2D eigenvalue weighted by Gasteiger charge is 2.25. The first-order chi connectivity index (χ1) is 12.0. The Morgan fingerprint density at radius 1 is 0.960 bits per heavy atom. The largest absolute Gasteiger partial charge is 0.339 e. The van der Waals surface area contributed by atoms with Gasteiger partial charge in [0.15, 0.2) is 0 Å². The van der Waals surface area contributed by atoms with Gasteiger partial charge in [-0.3, -0.25) is 9.59 Å². The Morgan fingerprint density at radius 3 is 2.24 bits per heavy atom. The molecule has 3 rings (SSSR count). The number of carbonyl (C=O) groups excluding carboxylic acids is 2. The lowest BCUT2D eigenvalue weighted by Crippen LogP contribution is -2.51. The SMILES string of the molecule is Cc1ccc(CC(=O)N2CCN(C(=O)c3cccc(F)c3)CC2)cc1. The van der Waals surface area contributed by atoms with Gasteiger partial charge in [0.05, 0.1) is 6.42 Å². The third kappa shape index (κ3) is 4.24. The standard InChI is InChI=1S/C20H21FN2O2/c1-15-5-7-16(8-6-15)13-19(24)22-9-11-23(12-10-22)20(25)17-3-2-4-18(21)14-17/h2-8,14H,9-13H2,1H3. The summed E-state index contributed by atoms with van der Waals surface area (Å²) in [6.45, 7) is 3.96. The van der Waals surface area contributed by atoms with E-state index in [1.807, 2.05) is 31.2 Å². The summed E-state index contributed by atoms with van der Waals surface area (Å²) < 4.78 is 13.3. The van der Waals surface area contributed by atoms with Crippen LogP contribution in [0.4, 0.5) is 4.39 Å². The number of rotatable bonds is 3. The van der Waals surface area contributed by atoms with Gasteiger partial charge in [-0.15, -0.1) is 0 Å². The van der Waals surface area contributed by atoms with Crippen molar-refractivity contribution < 1.29 is 14.0 Å². The molecule has 130 valence electrons. The summed E-state index contributed by atoms with van der Waals surface area (Å²) in [6.07, 6.45) is 0.373. The first kappa shape index (κ1) is 17.1. The summed E-state index contributed by atoms with van der Waals surface area (Å²) in [7, 11) is 0. The van der Waals surface area contributed by atoms with Crippen molar-refractivity contribution in [2.24, 2.45) is 0 Å². The lowest BCUT2D eigenvalue weighted by atomic mass is 10.1. The molecule has 0 bridgehead atoms. The van der Waals surface area contributed by atoms with Crippen LogP contribution in [0.2, 0.25) is 0 Å². The molecule has 5 heteroatoms. The fraction of sp³-hybridized carbons (Fsp3) is 0.300. The predicted molar refractivity (Wildman–Crippen MR) is 93.8 cm³/mol. The Hall–Kier alpha value is -2.69. The number of halogens is 1. The molecule has 0 aromatic heterocycles. The maximum absolute atomic E-state index is 13.3. The molecular formula is C20H21FN2O2. The quantitative estimate of drug-likeness (QED) is 0.862. The highest BCUT2D eigenvalue weighted by Crippen LogP contribution is 2.12. The highest BCUT2D eigenvalue weighted by molar-refractivity contribution is 5.94. The first-order valence-electron chi connectivity index (χ1n) is 8.41. The Kier molecular flexibility index (Phi) is 5.12. The zero-order valence-electron chi connectivity index (χ0n) is 14.2. The van der Waals surface area contributed by atoms with Crippen LogP contribution in [0.3, 0.4) is 0 Å². The summed E-state index contributed by atoms with van der Waals surface area (Å²) in [6, 6.07) is 13.6. The van der Waals surface area contributed by atoms with Gasteiger partial charge in [0.2, 0.25) is 5.91 Å². The van der Waals surface area contributed by atoms with Crippen molar-refractivity contribution in [1.29, 1.82) is 0 Å². The molecule has 4 nitrogen and oxygen atoms in total. The number of hydrogen-bond donors (Lipinski definition) is 0. The minimum Gasteiger partial charge on any atom is -0.339 e. The molecule has 0 spiro atoms. The smallest absolute Gasteiger partial charge is 0.254 e. The average Bonchev–Trinajstić information content (AvgIpc) is 2.63. The molecule has 1 saturated heterocycles. The molecule has 0 N–H and O–H groups in total. The monoisotopic (exact) mass is 340 g/mol. The van der Waals surface area contributed by atoms with Crippen molar-refractivity contribution in [2.45, 2.75) is 13.3 Å². The van der Waals surface area contributed by atoms with E-state index in [0.29, 0.717) is 38.2 Å². The van der Waals surface area contributed by atoms with Gasteiger partial charge in [-0.05, 0) is 30.7 Å². The van der Waals surface area contributed by atoms with E-state index < -0.39 is 5.82 Å². The molecule has 0 saturated carbocycles. The van der Waals surface area contributed by atoms with Crippen molar-refractivity contribution in [1.82, 2.24) is 9.80 Å². The molecule has 0 aliphatic carbocycles. The second-order valence-electron chi connectivity index (χ2n) is 6.35. The maximum atomic E-state index is 13.3. The second kappa shape index (κ2) is 7.47. The van der Waals surface area contributed by atoms with Gasteiger partial charge in [-0.1, -0.05) is 35.9 Å². The molecular weight excluding hydrogens is 319 g/mol. The summed E-state index contributed by atoms with van der Waals surface area (Å²) in [4.78, 5) is 28.3. The Morgan fingerprint density at radius 2 is 1.60 bits per heavy atom. The van der Waals surface area contributed by atoms with Crippen LogP contribution in [0.5, 0.6) is 0 Å². The normalized spacial score (nSPS) is 14.5. The van der Waals surface area contributed by atoms with E-state index in [2.05, 4.69) is 0 Å². The van der Waals surface area contributed by atoms with Gasteiger partial charge >= 0.3 is 0 Å². The number of benzene rings is 2. The average molecular weight is 340 g/mol. The van der Waals surface area contributed by atoms with E-state index >= 15 is 0 Å². The van der Waals surface area contributed by atoms with Crippen LogP contribution >= 0.6 is 0 Å². The van der Waals surface area contributed by atoms with E-state index in [1.54, 1.807) is 15.9 Å². The van der Waals surface area contributed by atoms with Crippen molar-refractivity contribution >= 4 is 11.8 Å². The number of piperazine rings is 1. The number of nitrogens with zero attached hydrogens (tertiary/aromatic N) is 2. The molecule has 0 unspecified atom stereocenters. The molecule has 1 aliphatic heterocycles. The van der Waals surface area contributed by atoms with Crippen LogP contribution in [-0.4, -0.2) is 47.8 Å². The van der Waals surface area contributed by atoms with Crippen LogP contribution in [0.15, 0.2) is 48.5 Å². The second-order valence-corrected chi connectivity index (χ2v) is 6.35. The van der Waals surface area contributed by atoms with Gasteiger partial charge in [-0.25, -0.2) is 4.39 Å². The number of carbonyl (C=O) groups is 2. The predicted octanol–water partition coefficient (Wildman–Crippen LogP) is 2.66. The lowest BCUT2D eigenvalue weighted by Gasteiger charge is -2.35. The fourth-order valence-electron chi connectivity index (χ4n) is 2.96. The third-order valence-corrected chi connectivity index (χ3v) is 4.47. The van der Waals surface area contributed by atoms with E-state index in [4.69, 9.17) is 0 Å². The molecule has 0 radical (unpaired) electrons. The minimum absolute atomic E-state index is 0.0710. The minimum atomic E-state index is -0.419. The zero-order valence-corrected chi connectivity index (χ0v) is 14.2. The summed E-state index contributed by atoms with van der Waals surface area (Å²) in [5, 5.41) is 0. The zero-order chi connectivity index (χ0) is 17.8. The van der Waals surface area contributed by atoms with Gasteiger partial charge in [0, 0.05) is 31.7 Å². The molecule has 1 aliphatic rings. The van der Waals surface area contributed by atoms with Crippen LogP contribution in [0, 0.1) is 12.7 Å². The number of amides is 2. The van der Waals surface area contributed by atoms with Crippen molar-refractivity contribution in [3.8, 4) is 0 Å². The Bertz CT molecular complexity index is 766. The highest BCUT2D eigenvalue weighted by atomic mass is 19.1. The lowest BCUT2D eigenvalue weighted by molar-refractivity contribution is -0.131. The first-order valence-corrected chi connectivity index (χ1v) is 8.41. The van der Waals surface area contributed by atoms with Crippen molar-refractivity contribution in [3.05, 3.63) is 71.0 Å². The Labute approximate surface area is 146 Å². The van der Waals surface area contributed by atoms with E-state index in [1.165, 1.54) is 23.8 Å². The van der Waals surface area contributed by atoms with Crippen LogP contribution < -0.4 is 0 Å². The number of aryl methyl sites for hydroxylation is 1. The van der Waals surface area contributed by atoms with Gasteiger partial charge < -0.3 is 9.80 Å². The van der Waals surface area contributed by atoms with Gasteiger partial charge in [0.1, 0.15) is 5.82 Å². The fourth-order valence-corrected chi connectivity index (χ4v) is 2.96. The van der Waals surface area contributed by atoms with Crippen LogP contribution in [0.25, 0.3) is 0 Å². The van der Waals surface area contributed by atoms with Crippen LogP contribution in [0.1, 0.15) is 21.5 Å². The number of hydrogen-bond acceptors (Lipinski definition) is 2. The topological polar surface area (TPSA) is 40.6 Å². The molecule has 2 aromatic rings. The molecule has 1 heterocycles. The van der Waals surface area contributed by atoms with Crippen molar-refractivity contribution in [3.63, 3.8) is 0 Å². The van der Waals surface area contributed by atoms with E-state index in [0.717, 1.165) is 5.56 Å².